The summed E-state index contributed by atoms with van der Waals surface area (Å²) in [5, 5.41) is 2.71. The first-order chi connectivity index (χ1) is 16.2. The predicted octanol–water partition coefficient (Wildman–Crippen LogP) is 1.86. The molecule has 12 heteroatoms. The summed E-state index contributed by atoms with van der Waals surface area (Å²) in [6, 6.07) is 7.32. The summed E-state index contributed by atoms with van der Waals surface area (Å²) in [5.74, 6) is -3.78. The molecule has 11 nitrogen and oxygen atoms in total. The van der Waals surface area contributed by atoms with Crippen LogP contribution in [-0.2, 0) is 19.0 Å². The Kier molecular flexibility index (Phi) is 7.76. The summed E-state index contributed by atoms with van der Waals surface area (Å²) < 4.78 is 20.2. The number of amides is 2. The first-order valence-corrected chi connectivity index (χ1v) is 10.6. The Balaban J connectivity index is 1.72. The summed E-state index contributed by atoms with van der Waals surface area (Å²) in [5.41, 5.74) is 5.29. The minimum atomic E-state index is -1.03. The third kappa shape index (κ3) is 5.47. The molecule has 3 N–H and O–H groups in total. The van der Waals surface area contributed by atoms with Gasteiger partial charge in [-0.3, -0.25) is 14.4 Å². The first-order valence-electron chi connectivity index (χ1n) is 9.82. The van der Waals surface area contributed by atoms with E-state index in [1.165, 1.54) is 20.1 Å². The van der Waals surface area contributed by atoms with Crippen LogP contribution < -0.4 is 16.5 Å². The SMILES string of the molecule is COCCOC(=O)c1c(NC(=O)COC(=O)c2cc(=O)c3ccccc3o2)sc(C(N)=O)c1C. The number of nitrogens with one attached hydrogen (secondary N) is 1. The molecule has 0 unspecified atom stereocenters. The molecular weight excluding hydrogens is 468 g/mol. The minimum Gasteiger partial charge on any atom is -0.460 e. The number of benzene rings is 1. The van der Waals surface area contributed by atoms with Crippen LogP contribution >= 0.6 is 11.3 Å². The van der Waals surface area contributed by atoms with E-state index in [0.29, 0.717) is 5.39 Å². The fourth-order valence-electron chi connectivity index (χ4n) is 2.94. The van der Waals surface area contributed by atoms with Crippen molar-refractivity contribution in [3.63, 3.8) is 0 Å². The molecule has 2 amide bonds. The number of primary amides is 1. The Bertz CT molecular complexity index is 1330. The second-order valence-corrected chi connectivity index (χ2v) is 7.87. The molecule has 2 heterocycles. The molecule has 0 atom stereocenters. The maximum absolute atomic E-state index is 12.5. The van der Waals surface area contributed by atoms with E-state index in [4.69, 9.17) is 24.4 Å². The smallest absolute Gasteiger partial charge is 0.374 e. The molecular formula is C22H20N2O9S. The zero-order valence-corrected chi connectivity index (χ0v) is 19.0. The van der Waals surface area contributed by atoms with Crippen molar-refractivity contribution in [1.82, 2.24) is 0 Å². The van der Waals surface area contributed by atoms with Crippen molar-refractivity contribution in [3.05, 3.63) is 62.3 Å². The largest absolute Gasteiger partial charge is 0.460 e. The van der Waals surface area contributed by atoms with Gasteiger partial charge >= 0.3 is 11.9 Å². The highest BCUT2D eigenvalue weighted by molar-refractivity contribution is 7.18. The van der Waals surface area contributed by atoms with E-state index in [9.17, 15) is 24.0 Å². The number of carbonyl (C=O) groups excluding carboxylic acids is 4. The molecule has 0 bridgehead atoms. The standard InChI is InChI=1S/C22H20N2O9S/c1-11-17(22(29)31-8-7-30-2)20(34-18(11)19(23)27)24-16(26)10-32-21(28)15-9-13(25)12-5-3-4-6-14(12)33-15/h3-6,9H,7-8,10H2,1-2H3,(H2,23,27)(H,24,26). The topological polar surface area (TPSA) is 164 Å². The van der Waals surface area contributed by atoms with E-state index < -0.39 is 35.8 Å². The average molecular weight is 488 g/mol. The van der Waals surface area contributed by atoms with Gasteiger partial charge in [-0.15, -0.1) is 11.3 Å². The number of hydrogen-bond acceptors (Lipinski definition) is 10. The van der Waals surface area contributed by atoms with Crippen LogP contribution in [0.25, 0.3) is 11.0 Å². The zero-order valence-electron chi connectivity index (χ0n) is 18.2. The number of methoxy groups -OCH3 is 1. The number of rotatable bonds is 9. The predicted molar refractivity (Wildman–Crippen MR) is 121 cm³/mol. The Labute approximate surface area is 196 Å². The van der Waals surface area contributed by atoms with Crippen molar-refractivity contribution >= 4 is 51.1 Å². The molecule has 0 saturated heterocycles. The highest BCUT2D eigenvalue weighted by Crippen LogP contribution is 2.33. The molecule has 2 aromatic heterocycles. The molecule has 0 aliphatic carbocycles. The van der Waals surface area contributed by atoms with E-state index in [1.807, 2.05) is 0 Å². The van der Waals surface area contributed by atoms with E-state index in [2.05, 4.69) is 5.32 Å². The first kappa shape index (κ1) is 24.6. The van der Waals surface area contributed by atoms with Crippen LogP contribution in [0.3, 0.4) is 0 Å². The number of thiophene rings is 1. The van der Waals surface area contributed by atoms with Crippen LogP contribution in [0, 0.1) is 6.92 Å². The van der Waals surface area contributed by atoms with Gasteiger partial charge in [-0.25, -0.2) is 9.59 Å². The van der Waals surface area contributed by atoms with Crippen molar-refractivity contribution in [3.8, 4) is 0 Å². The summed E-state index contributed by atoms with van der Waals surface area (Å²) in [4.78, 5) is 61.0. The number of ether oxygens (including phenoxy) is 3. The van der Waals surface area contributed by atoms with E-state index in [0.717, 1.165) is 17.4 Å². The van der Waals surface area contributed by atoms with Crippen LogP contribution in [0.4, 0.5) is 5.00 Å². The third-order valence-electron chi connectivity index (χ3n) is 4.52. The van der Waals surface area contributed by atoms with Gasteiger partial charge in [0.05, 0.1) is 22.4 Å². The second-order valence-electron chi connectivity index (χ2n) is 6.85. The Hall–Kier alpha value is -4.03. The molecule has 3 aromatic rings. The van der Waals surface area contributed by atoms with E-state index in [-0.39, 0.29) is 45.6 Å². The minimum absolute atomic E-state index is 0.00648. The lowest BCUT2D eigenvalue weighted by atomic mass is 10.1. The Morgan fingerprint density at radius 1 is 1.09 bits per heavy atom. The lowest BCUT2D eigenvalue weighted by Crippen LogP contribution is -2.22. The maximum Gasteiger partial charge on any atom is 0.374 e. The van der Waals surface area contributed by atoms with Gasteiger partial charge in [0.2, 0.25) is 5.76 Å². The molecule has 0 spiro atoms. The van der Waals surface area contributed by atoms with Crippen molar-refractivity contribution < 1.29 is 37.8 Å². The lowest BCUT2D eigenvalue weighted by molar-refractivity contribution is -0.119. The molecule has 1 aromatic carbocycles. The normalized spacial score (nSPS) is 10.6. The number of fused-ring (bicyclic) bond motifs is 1. The number of para-hydroxylation sites is 1. The van der Waals surface area contributed by atoms with Gasteiger partial charge in [-0.05, 0) is 24.6 Å². The van der Waals surface area contributed by atoms with Crippen molar-refractivity contribution in [2.75, 3.05) is 32.2 Å². The van der Waals surface area contributed by atoms with Gasteiger partial charge < -0.3 is 29.7 Å². The fourth-order valence-corrected chi connectivity index (χ4v) is 4.00. The van der Waals surface area contributed by atoms with Crippen LogP contribution in [0.15, 0.2) is 39.5 Å². The van der Waals surface area contributed by atoms with Crippen LogP contribution in [-0.4, -0.2) is 50.7 Å². The molecule has 178 valence electrons. The van der Waals surface area contributed by atoms with E-state index >= 15 is 0 Å². The summed E-state index contributed by atoms with van der Waals surface area (Å²) >= 11 is 0.785. The summed E-state index contributed by atoms with van der Waals surface area (Å²) in [7, 11) is 1.44. The van der Waals surface area contributed by atoms with Gasteiger partial charge in [-0.2, -0.15) is 0 Å². The molecule has 0 aliphatic rings. The number of nitrogens with two attached hydrogens (primary N) is 1. The zero-order chi connectivity index (χ0) is 24.8. The molecule has 0 radical (unpaired) electrons. The average Bonchev–Trinajstić information content (AvgIpc) is 3.13. The maximum atomic E-state index is 12.5. The van der Waals surface area contributed by atoms with Gasteiger partial charge in [0.1, 0.15) is 17.2 Å². The molecule has 0 saturated carbocycles. The molecule has 0 aliphatic heterocycles. The number of esters is 2. The highest BCUT2D eigenvalue weighted by Gasteiger charge is 2.26. The van der Waals surface area contributed by atoms with Gasteiger partial charge in [0.25, 0.3) is 11.8 Å². The summed E-state index contributed by atoms with van der Waals surface area (Å²) in [6.45, 7) is 0.843. The fraction of sp³-hybridized carbons (Fsp3) is 0.227. The number of carbonyl (C=O) groups is 4. The van der Waals surface area contributed by atoms with Crippen LogP contribution in [0.2, 0.25) is 0 Å². The summed E-state index contributed by atoms with van der Waals surface area (Å²) in [6.07, 6.45) is 0. The Morgan fingerprint density at radius 2 is 1.82 bits per heavy atom. The molecule has 0 fully saturated rings. The van der Waals surface area contributed by atoms with Gasteiger partial charge in [0, 0.05) is 13.2 Å². The monoisotopic (exact) mass is 488 g/mol. The lowest BCUT2D eigenvalue weighted by Gasteiger charge is -2.08. The van der Waals surface area contributed by atoms with Crippen LogP contribution in [0.1, 0.15) is 36.1 Å². The number of hydrogen-bond donors (Lipinski definition) is 2. The van der Waals surface area contributed by atoms with Crippen LogP contribution in [0.5, 0.6) is 0 Å². The van der Waals surface area contributed by atoms with Crippen molar-refractivity contribution in [2.45, 2.75) is 6.92 Å². The van der Waals surface area contributed by atoms with Gasteiger partial charge in [-0.1, -0.05) is 12.1 Å². The van der Waals surface area contributed by atoms with Gasteiger partial charge in [0.15, 0.2) is 12.0 Å². The molecule has 3 rings (SSSR count). The van der Waals surface area contributed by atoms with E-state index in [1.54, 1.807) is 18.2 Å². The van der Waals surface area contributed by atoms with Crippen molar-refractivity contribution in [1.29, 1.82) is 0 Å². The molecule has 34 heavy (non-hydrogen) atoms. The van der Waals surface area contributed by atoms with Crippen molar-refractivity contribution in [2.24, 2.45) is 5.73 Å². The third-order valence-corrected chi connectivity index (χ3v) is 5.74. The Morgan fingerprint density at radius 3 is 2.53 bits per heavy atom. The second kappa shape index (κ2) is 10.7. The quantitative estimate of drug-likeness (QED) is 0.338. The highest BCUT2D eigenvalue weighted by atomic mass is 32.1. The number of anilines is 1.